The molecular formula is C56H108O6. The molecule has 0 saturated heterocycles. The lowest BCUT2D eigenvalue weighted by Gasteiger charge is -2.18. The summed E-state index contributed by atoms with van der Waals surface area (Å²) < 4.78 is 16.8. The Bertz CT molecular complexity index is 960. The Balaban J connectivity index is 4.27. The van der Waals surface area contributed by atoms with E-state index in [0.29, 0.717) is 19.3 Å². The molecule has 0 N–H and O–H groups in total. The van der Waals surface area contributed by atoms with Gasteiger partial charge in [-0.25, -0.2) is 0 Å². The van der Waals surface area contributed by atoms with E-state index >= 15 is 0 Å². The third kappa shape index (κ3) is 49.4. The normalized spacial score (nSPS) is 12.1. The molecule has 0 bridgehead atoms. The van der Waals surface area contributed by atoms with Crippen molar-refractivity contribution in [2.24, 2.45) is 17.8 Å². The van der Waals surface area contributed by atoms with Gasteiger partial charge in [0.25, 0.3) is 0 Å². The molecule has 62 heavy (non-hydrogen) atoms. The van der Waals surface area contributed by atoms with Gasteiger partial charge in [0.1, 0.15) is 13.2 Å². The van der Waals surface area contributed by atoms with Crippen LogP contribution in [0.4, 0.5) is 0 Å². The van der Waals surface area contributed by atoms with Crippen LogP contribution >= 0.6 is 0 Å². The summed E-state index contributed by atoms with van der Waals surface area (Å²) in [6.07, 6.45) is 48.1. The summed E-state index contributed by atoms with van der Waals surface area (Å²) in [6, 6.07) is 0. The first-order valence-electron chi connectivity index (χ1n) is 27.6. The highest BCUT2D eigenvalue weighted by Gasteiger charge is 2.19. The Labute approximate surface area is 387 Å². The summed E-state index contributed by atoms with van der Waals surface area (Å²) >= 11 is 0. The molecule has 0 aliphatic heterocycles. The molecule has 0 aliphatic rings. The second kappa shape index (κ2) is 47.4. The molecule has 0 radical (unpaired) electrons. The van der Waals surface area contributed by atoms with E-state index in [-0.39, 0.29) is 31.1 Å². The highest BCUT2D eigenvalue weighted by atomic mass is 16.6. The minimum absolute atomic E-state index is 0.0644. The molecule has 0 aliphatic carbocycles. The van der Waals surface area contributed by atoms with E-state index in [1.165, 1.54) is 186 Å². The van der Waals surface area contributed by atoms with Crippen LogP contribution in [0.2, 0.25) is 0 Å². The van der Waals surface area contributed by atoms with Crippen LogP contribution in [0.15, 0.2) is 0 Å². The lowest BCUT2D eigenvalue weighted by molar-refractivity contribution is -0.167. The van der Waals surface area contributed by atoms with Crippen LogP contribution in [-0.4, -0.2) is 37.2 Å². The first-order valence-corrected chi connectivity index (χ1v) is 27.6. The topological polar surface area (TPSA) is 78.9 Å². The number of rotatable bonds is 49. The standard InChI is InChI=1S/C56H108O6/c1-50(2)42-36-30-24-18-14-11-9-7-8-10-12-16-21-29-35-41-47-56(59)62-53(49-61-55(58)46-40-34-28-23-22-26-32-38-44-52(5)6)48-60-54(57)45-39-33-27-20-17-13-15-19-25-31-37-43-51(3)4/h50-53H,7-49H2,1-6H3/t53-/m0/s1. The lowest BCUT2D eigenvalue weighted by atomic mass is 10.0. The van der Waals surface area contributed by atoms with Gasteiger partial charge in [-0.05, 0) is 37.0 Å². The third-order valence-corrected chi connectivity index (χ3v) is 12.6. The van der Waals surface area contributed by atoms with E-state index in [9.17, 15) is 14.4 Å². The molecule has 0 unspecified atom stereocenters. The van der Waals surface area contributed by atoms with E-state index in [0.717, 1.165) is 75.5 Å². The van der Waals surface area contributed by atoms with Crippen molar-refractivity contribution in [3.63, 3.8) is 0 Å². The summed E-state index contributed by atoms with van der Waals surface area (Å²) in [6.45, 7) is 13.7. The van der Waals surface area contributed by atoms with Crippen molar-refractivity contribution in [3.05, 3.63) is 0 Å². The molecule has 0 aromatic heterocycles. The molecule has 0 rings (SSSR count). The molecular weight excluding hydrogens is 769 g/mol. The van der Waals surface area contributed by atoms with Gasteiger partial charge in [0.15, 0.2) is 6.10 Å². The number of hydrogen-bond donors (Lipinski definition) is 0. The molecule has 368 valence electrons. The highest BCUT2D eigenvalue weighted by Crippen LogP contribution is 2.18. The third-order valence-electron chi connectivity index (χ3n) is 12.6. The van der Waals surface area contributed by atoms with Crippen molar-refractivity contribution < 1.29 is 28.6 Å². The summed E-state index contributed by atoms with van der Waals surface area (Å²) in [5.74, 6) is 1.63. The summed E-state index contributed by atoms with van der Waals surface area (Å²) in [7, 11) is 0. The van der Waals surface area contributed by atoms with Crippen LogP contribution in [0, 0.1) is 17.8 Å². The van der Waals surface area contributed by atoms with E-state index in [2.05, 4.69) is 41.5 Å². The molecule has 6 heteroatoms. The molecule has 0 aromatic carbocycles. The number of hydrogen-bond acceptors (Lipinski definition) is 6. The second-order valence-electron chi connectivity index (χ2n) is 20.6. The van der Waals surface area contributed by atoms with Gasteiger partial charge in [0.05, 0.1) is 0 Å². The zero-order valence-electron chi connectivity index (χ0n) is 42.7. The molecule has 0 heterocycles. The van der Waals surface area contributed by atoms with Gasteiger partial charge in [-0.15, -0.1) is 0 Å². The number of unbranched alkanes of at least 4 members (excludes halogenated alkanes) is 32. The molecule has 0 saturated carbocycles. The zero-order chi connectivity index (χ0) is 45.6. The van der Waals surface area contributed by atoms with Crippen molar-refractivity contribution >= 4 is 17.9 Å². The minimum atomic E-state index is -0.763. The predicted molar refractivity (Wildman–Crippen MR) is 266 cm³/mol. The van der Waals surface area contributed by atoms with Crippen molar-refractivity contribution in [1.82, 2.24) is 0 Å². The second-order valence-corrected chi connectivity index (χ2v) is 20.6. The summed E-state index contributed by atoms with van der Waals surface area (Å²) in [5, 5.41) is 0. The lowest BCUT2D eigenvalue weighted by Crippen LogP contribution is -2.30. The average molecular weight is 877 g/mol. The minimum Gasteiger partial charge on any atom is -0.462 e. The largest absolute Gasteiger partial charge is 0.462 e. The highest BCUT2D eigenvalue weighted by molar-refractivity contribution is 5.71. The van der Waals surface area contributed by atoms with Gasteiger partial charge in [0.2, 0.25) is 0 Å². The Morgan fingerprint density at radius 3 is 0.694 bits per heavy atom. The van der Waals surface area contributed by atoms with Gasteiger partial charge in [-0.1, -0.05) is 266 Å². The maximum atomic E-state index is 12.8. The fourth-order valence-electron chi connectivity index (χ4n) is 8.47. The van der Waals surface area contributed by atoms with Crippen molar-refractivity contribution in [2.45, 2.75) is 311 Å². The Kier molecular flexibility index (Phi) is 46.2. The maximum absolute atomic E-state index is 12.8. The van der Waals surface area contributed by atoms with Crippen LogP contribution in [0.5, 0.6) is 0 Å². The number of esters is 3. The first-order chi connectivity index (χ1) is 30.1. The predicted octanol–water partition coefficient (Wildman–Crippen LogP) is 17.9. The molecule has 0 amide bonds. The molecule has 1 atom stereocenters. The van der Waals surface area contributed by atoms with Crippen LogP contribution in [0.25, 0.3) is 0 Å². The Morgan fingerprint density at radius 2 is 0.468 bits per heavy atom. The molecule has 0 aromatic rings. The average Bonchev–Trinajstić information content (AvgIpc) is 3.23. The quantitative estimate of drug-likeness (QED) is 0.0344. The fraction of sp³-hybridized carbons (Fsp3) is 0.946. The fourth-order valence-corrected chi connectivity index (χ4v) is 8.47. The van der Waals surface area contributed by atoms with Crippen molar-refractivity contribution in [1.29, 1.82) is 0 Å². The number of carbonyl (C=O) groups excluding carboxylic acids is 3. The SMILES string of the molecule is CC(C)CCCCCCCCCCCCCCCCCCC(=O)O[C@@H](COC(=O)CCCCCCCCCCCCCC(C)C)COC(=O)CCCCCCCCCCC(C)C. The smallest absolute Gasteiger partial charge is 0.306 e. The molecule has 0 fully saturated rings. The van der Waals surface area contributed by atoms with E-state index in [1.54, 1.807) is 0 Å². The first kappa shape index (κ1) is 60.4. The van der Waals surface area contributed by atoms with Crippen LogP contribution in [0.1, 0.15) is 305 Å². The van der Waals surface area contributed by atoms with E-state index in [4.69, 9.17) is 14.2 Å². The van der Waals surface area contributed by atoms with Crippen molar-refractivity contribution in [3.8, 4) is 0 Å². The maximum Gasteiger partial charge on any atom is 0.306 e. The molecule has 6 nitrogen and oxygen atoms in total. The van der Waals surface area contributed by atoms with Crippen LogP contribution in [0.3, 0.4) is 0 Å². The van der Waals surface area contributed by atoms with Gasteiger partial charge in [-0.3, -0.25) is 14.4 Å². The van der Waals surface area contributed by atoms with Crippen molar-refractivity contribution in [2.75, 3.05) is 13.2 Å². The van der Waals surface area contributed by atoms with Gasteiger partial charge in [-0.2, -0.15) is 0 Å². The number of carbonyl (C=O) groups is 3. The summed E-state index contributed by atoms with van der Waals surface area (Å²) in [4.78, 5) is 38.0. The van der Waals surface area contributed by atoms with Crippen LogP contribution in [-0.2, 0) is 28.6 Å². The number of ether oxygens (including phenoxy) is 3. The monoisotopic (exact) mass is 877 g/mol. The summed E-state index contributed by atoms with van der Waals surface area (Å²) in [5.41, 5.74) is 0. The Morgan fingerprint density at radius 1 is 0.274 bits per heavy atom. The Hall–Kier alpha value is -1.59. The van der Waals surface area contributed by atoms with Crippen LogP contribution < -0.4 is 0 Å². The van der Waals surface area contributed by atoms with Gasteiger partial charge in [0, 0.05) is 19.3 Å². The molecule has 0 spiro atoms. The van der Waals surface area contributed by atoms with Gasteiger partial charge >= 0.3 is 17.9 Å². The van der Waals surface area contributed by atoms with Gasteiger partial charge < -0.3 is 14.2 Å². The van der Waals surface area contributed by atoms with E-state index < -0.39 is 6.10 Å². The van der Waals surface area contributed by atoms with E-state index in [1.807, 2.05) is 0 Å². The zero-order valence-corrected chi connectivity index (χ0v) is 42.7.